The lowest BCUT2D eigenvalue weighted by Gasteiger charge is -2.36. The van der Waals surface area contributed by atoms with Gasteiger partial charge in [0.05, 0.1) is 5.75 Å². The van der Waals surface area contributed by atoms with Crippen molar-refractivity contribution in [2.75, 3.05) is 45.0 Å². The lowest BCUT2D eigenvalue weighted by Crippen LogP contribution is -2.50. The Morgan fingerprint density at radius 2 is 1.93 bits per heavy atom. The first kappa shape index (κ1) is 20.2. The maximum absolute atomic E-state index is 12.4. The minimum atomic E-state index is 0.131. The smallest absolute Gasteiger partial charge is 0.233 e. The molecule has 0 spiro atoms. The second kappa shape index (κ2) is 9.11. The van der Waals surface area contributed by atoms with Gasteiger partial charge in [-0.25, -0.2) is 0 Å². The monoisotopic (exact) mass is 389 g/mol. The molecule has 1 aromatic rings. The van der Waals surface area contributed by atoms with Crippen LogP contribution in [-0.2, 0) is 9.59 Å². The summed E-state index contributed by atoms with van der Waals surface area (Å²) in [6, 6.07) is 8.46. The summed E-state index contributed by atoms with van der Waals surface area (Å²) in [6.07, 6.45) is 0.637. The normalized spacial score (nSPS) is 21.3. The maximum atomic E-state index is 12.4. The van der Waals surface area contributed by atoms with E-state index >= 15 is 0 Å². The summed E-state index contributed by atoms with van der Waals surface area (Å²) in [7, 11) is 0. The molecular weight excluding hydrogens is 358 g/mol. The highest BCUT2D eigenvalue weighted by Crippen LogP contribution is 2.38. The third-order valence-electron chi connectivity index (χ3n) is 5.26. The summed E-state index contributed by atoms with van der Waals surface area (Å²) in [4.78, 5) is 31.0. The number of thioether (sulfide) groups is 1. The molecule has 148 valence electrons. The van der Waals surface area contributed by atoms with Crippen molar-refractivity contribution >= 4 is 23.6 Å². The van der Waals surface area contributed by atoms with Gasteiger partial charge in [-0.3, -0.25) is 14.5 Å². The van der Waals surface area contributed by atoms with E-state index < -0.39 is 0 Å². The van der Waals surface area contributed by atoms with Crippen LogP contribution in [0.5, 0.6) is 0 Å². The first-order valence-corrected chi connectivity index (χ1v) is 11.0. The molecule has 5 nitrogen and oxygen atoms in total. The summed E-state index contributed by atoms with van der Waals surface area (Å²) >= 11 is 1.72. The Labute approximate surface area is 167 Å². The van der Waals surface area contributed by atoms with Crippen molar-refractivity contribution < 1.29 is 9.59 Å². The zero-order valence-electron chi connectivity index (χ0n) is 16.7. The van der Waals surface area contributed by atoms with Gasteiger partial charge >= 0.3 is 0 Å². The Hall–Kier alpha value is -1.53. The fraction of sp³-hybridized carbons (Fsp3) is 0.619. The van der Waals surface area contributed by atoms with Gasteiger partial charge in [-0.05, 0) is 18.4 Å². The SMILES string of the molecule is Cc1cccc(C2SCC(=O)N2CCN2CCN(C(=O)CC(C)C)CC2)c1. The van der Waals surface area contributed by atoms with Crippen molar-refractivity contribution in [3.8, 4) is 0 Å². The number of aryl methyl sites for hydroxylation is 1. The van der Waals surface area contributed by atoms with Crippen molar-refractivity contribution in [1.82, 2.24) is 14.7 Å². The predicted molar refractivity (Wildman–Crippen MR) is 111 cm³/mol. The van der Waals surface area contributed by atoms with Gasteiger partial charge in [0, 0.05) is 45.7 Å². The molecule has 2 amide bonds. The molecule has 2 aliphatic heterocycles. The molecule has 1 unspecified atom stereocenters. The molecule has 2 heterocycles. The zero-order chi connectivity index (χ0) is 19.4. The maximum Gasteiger partial charge on any atom is 0.233 e. The van der Waals surface area contributed by atoms with E-state index in [1.54, 1.807) is 11.8 Å². The lowest BCUT2D eigenvalue weighted by atomic mass is 10.1. The Kier molecular flexibility index (Phi) is 6.82. The molecule has 0 aliphatic carbocycles. The minimum Gasteiger partial charge on any atom is -0.340 e. The Morgan fingerprint density at radius 3 is 2.59 bits per heavy atom. The van der Waals surface area contributed by atoms with Crippen LogP contribution in [-0.4, -0.2) is 71.5 Å². The topological polar surface area (TPSA) is 43.9 Å². The minimum absolute atomic E-state index is 0.131. The van der Waals surface area contributed by atoms with Gasteiger partial charge in [0.15, 0.2) is 0 Å². The summed E-state index contributed by atoms with van der Waals surface area (Å²) in [5, 5.41) is 0.131. The molecule has 3 rings (SSSR count). The standard InChI is InChI=1S/C21H31N3O2S/c1-16(2)13-19(25)23-10-7-22(8-11-23)9-12-24-20(26)15-27-21(24)18-6-4-5-17(3)14-18/h4-6,14,16,21H,7-13,15H2,1-3H3. The number of piperazine rings is 1. The number of hydrogen-bond donors (Lipinski definition) is 0. The molecule has 0 saturated carbocycles. The fourth-order valence-electron chi connectivity index (χ4n) is 3.74. The number of carbonyl (C=O) groups is 2. The Balaban J connectivity index is 1.51. The predicted octanol–water partition coefficient (Wildman–Crippen LogP) is 2.76. The second-order valence-corrected chi connectivity index (χ2v) is 9.05. The van der Waals surface area contributed by atoms with E-state index in [1.165, 1.54) is 11.1 Å². The second-order valence-electron chi connectivity index (χ2n) is 7.99. The van der Waals surface area contributed by atoms with Crippen LogP contribution in [0.4, 0.5) is 0 Å². The molecule has 6 heteroatoms. The van der Waals surface area contributed by atoms with Crippen LogP contribution in [0, 0.1) is 12.8 Å². The van der Waals surface area contributed by atoms with Crippen LogP contribution >= 0.6 is 11.8 Å². The third kappa shape index (κ3) is 5.26. The number of benzene rings is 1. The van der Waals surface area contributed by atoms with Crippen LogP contribution in [0.3, 0.4) is 0 Å². The number of carbonyl (C=O) groups excluding carboxylic acids is 2. The highest BCUT2D eigenvalue weighted by Gasteiger charge is 2.33. The van der Waals surface area contributed by atoms with Crippen LogP contribution in [0.15, 0.2) is 24.3 Å². The third-order valence-corrected chi connectivity index (χ3v) is 6.52. The summed E-state index contributed by atoms with van der Waals surface area (Å²) in [5.41, 5.74) is 2.45. The summed E-state index contributed by atoms with van der Waals surface area (Å²) in [6.45, 7) is 11.3. The van der Waals surface area contributed by atoms with Crippen LogP contribution in [0.25, 0.3) is 0 Å². The quantitative estimate of drug-likeness (QED) is 0.750. The first-order chi connectivity index (χ1) is 12.9. The average Bonchev–Trinajstić information content (AvgIpc) is 3.00. The van der Waals surface area contributed by atoms with Crippen LogP contribution in [0.2, 0.25) is 0 Å². The van der Waals surface area contributed by atoms with Crippen molar-refractivity contribution in [2.45, 2.75) is 32.6 Å². The molecule has 0 bridgehead atoms. The molecule has 0 radical (unpaired) electrons. The van der Waals surface area contributed by atoms with Crippen LogP contribution in [0.1, 0.15) is 36.8 Å². The van der Waals surface area contributed by atoms with E-state index in [4.69, 9.17) is 0 Å². The van der Waals surface area contributed by atoms with Gasteiger partial charge in [0.1, 0.15) is 5.37 Å². The van der Waals surface area contributed by atoms with Gasteiger partial charge in [-0.1, -0.05) is 43.7 Å². The molecule has 1 aromatic carbocycles. The summed E-state index contributed by atoms with van der Waals surface area (Å²) < 4.78 is 0. The molecule has 2 saturated heterocycles. The van der Waals surface area contributed by atoms with E-state index in [2.05, 4.69) is 49.9 Å². The van der Waals surface area contributed by atoms with E-state index in [9.17, 15) is 9.59 Å². The Bertz CT molecular complexity index is 671. The molecular formula is C21H31N3O2S. The Morgan fingerprint density at radius 1 is 1.19 bits per heavy atom. The van der Waals surface area contributed by atoms with Crippen molar-refractivity contribution in [2.24, 2.45) is 5.92 Å². The number of hydrogen-bond acceptors (Lipinski definition) is 4. The number of nitrogens with zero attached hydrogens (tertiary/aromatic N) is 3. The zero-order valence-corrected chi connectivity index (χ0v) is 17.5. The molecule has 27 heavy (non-hydrogen) atoms. The van der Waals surface area contributed by atoms with Crippen molar-refractivity contribution in [3.05, 3.63) is 35.4 Å². The lowest BCUT2D eigenvalue weighted by molar-refractivity contribution is -0.133. The van der Waals surface area contributed by atoms with E-state index in [-0.39, 0.29) is 17.2 Å². The molecule has 1 atom stereocenters. The average molecular weight is 390 g/mol. The fourth-order valence-corrected chi connectivity index (χ4v) is 4.95. The molecule has 0 N–H and O–H groups in total. The highest BCUT2D eigenvalue weighted by molar-refractivity contribution is 8.00. The first-order valence-electron chi connectivity index (χ1n) is 9.92. The van der Waals surface area contributed by atoms with E-state index in [1.807, 2.05) is 9.80 Å². The van der Waals surface area contributed by atoms with Gasteiger partial charge in [0.25, 0.3) is 0 Å². The van der Waals surface area contributed by atoms with Gasteiger partial charge in [0.2, 0.25) is 11.8 Å². The van der Waals surface area contributed by atoms with Crippen molar-refractivity contribution in [3.63, 3.8) is 0 Å². The van der Waals surface area contributed by atoms with Crippen molar-refractivity contribution in [1.29, 1.82) is 0 Å². The largest absolute Gasteiger partial charge is 0.340 e. The number of rotatable bonds is 6. The number of amides is 2. The van der Waals surface area contributed by atoms with Gasteiger partial charge < -0.3 is 9.80 Å². The van der Waals surface area contributed by atoms with E-state index in [0.29, 0.717) is 18.1 Å². The molecule has 2 fully saturated rings. The van der Waals surface area contributed by atoms with Crippen LogP contribution < -0.4 is 0 Å². The van der Waals surface area contributed by atoms with E-state index in [0.717, 1.165) is 39.3 Å². The highest BCUT2D eigenvalue weighted by atomic mass is 32.2. The van der Waals surface area contributed by atoms with Gasteiger partial charge in [-0.15, -0.1) is 11.8 Å². The molecule has 0 aromatic heterocycles. The molecule has 2 aliphatic rings. The van der Waals surface area contributed by atoms with Gasteiger partial charge in [-0.2, -0.15) is 0 Å². The summed E-state index contributed by atoms with van der Waals surface area (Å²) in [5.74, 6) is 1.48.